The molecule has 3 aromatic heterocycles. The lowest BCUT2D eigenvalue weighted by Crippen LogP contribution is -2.32. The number of amides is 1. The zero-order chi connectivity index (χ0) is 22.8. The van der Waals surface area contributed by atoms with Gasteiger partial charge in [0, 0.05) is 29.6 Å². The summed E-state index contributed by atoms with van der Waals surface area (Å²) in [5, 5.41) is 12.5. The van der Waals surface area contributed by atoms with Crippen molar-refractivity contribution < 1.29 is 13.6 Å². The van der Waals surface area contributed by atoms with Crippen LogP contribution in [0, 0.1) is 19.8 Å². The van der Waals surface area contributed by atoms with Crippen LogP contribution in [-0.2, 0) is 11.2 Å². The van der Waals surface area contributed by atoms with Gasteiger partial charge in [-0.15, -0.1) is 10.2 Å². The van der Waals surface area contributed by atoms with Crippen LogP contribution in [0.4, 0.5) is 0 Å². The number of hydrogen-bond donors (Lipinski definition) is 1. The van der Waals surface area contributed by atoms with Crippen LogP contribution in [0.2, 0.25) is 0 Å². The predicted octanol–water partition coefficient (Wildman–Crippen LogP) is 4.52. The fourth-order valence-electron chi connectivity index (χ4n) is 4.44. The Labute approximate surface area is 191 Å². The largest absolute Gasteiger partial charge is 0.464 e. The third kappa shape index (κ3) is 4.79. The van der Waals surface area contributed by atoms with Crippen molar-refractivity contribution in [1.29, 1.82) is 0 Å². The van der Waals surface area contributed by atoms with Gasteiger partial charge in [-0.2, -0.15) is 0 Å². The Morgan fingerprint density at radius 2 is 1.94 bits per heavy atom. The lowest BCUT2D eigenvalue weighted by Gasteiger charge is -2.26. The third-order valence-electron chi connectivity index (χ3n) is 6.39. The number of nitrogens with zero attached hydrogens (tertiary/aromatic N) is 4. The minimum Gasteiger partial charge on any atom is -0.464 e. The van der Waals surface area contributed by atoms with Gasteiger partial charge in [-0.3, -0.25) is 9.78 Å². The maximum atomic E-state index is 12.5. The molecule has 0 atom stereocenters. The first-order chi connectivity index (χ1) is 16.0. The highest BCUT2D eigenvalue weighted by atomic mass is 16.4. The van der Waals surface area contributed by atoms with E-state index in [2.05, 4.69) is 25.5 Å². The Morgan fingerprint density at radius 1 is 1.09 bits per heavy atom. The summed E-state index contributed by atoms with van der Waals surface area (Å²) in [6.45, 7) is 4.60. The van der Waals surface area contributed by atoms with Gasteiger partial charge in [-0.1, -0.05) is 12.1 Å². The monoisotopic (exact) mass is 445 g/mol. The number of hydrogen-bond acceptors (Lipinski definition) is 7. The van der Waals surface area contributed by atoms with Crippen molar-refractivity contribution in [2.24, 2.45) is 5.92 Å². The predicted molar refractivity (Wildman–Crippen MR) is 122 cm³/mol. The van der Waals surface area contributed by atoms with Crippen molar-refractivity contribution in [3.8, 4) is 11.6 Å². The summed E-state index contributed by atoms with van der Waals surface area (Å²) in [6.07, 6.45) is 9.32. The smallest absolute Gasteiger partial charge is 0.267 e. The van der Waals surface area contributed by atoms with E-state index >= 15 is 0 Å². The topological polar surface area (TPSA) is 107 Å². The van der Waals surface area contributed by atoms with Gasteiger partial charge < -0.3 is 14.2 Å². The molecule has 3 heterocycles. The average molecular weight is 446 g/mol. The molecule has 1 fully saturated rings. The van der Waals surface area contributed by atoms with Gasteiger partial charge in [0.15, 0.2) is 0 Å². The molecule has 1 amide bonds. The highest BCUT2D eigenvalue weighted by Gasteiger charge is 2.27. The summed E-state index contributed by atoms with van der Waals surface area (Å²) < 4.78 is 11.5. The molecular formula is C25H27N5O3. The van der Waals surface area contributed by atoms with Crippen molar-refractivity contribution in [1.82, 2.24) is 25.5 Å². The molecule has 0 unspecified atom stereocenters. The van der Waals surface area contributed by atoms with E-state index in [0.29, 0.717) is 36.4 Å². The van der Waals surface area contributed by atoms with E-state index in [1.165, 1.54) is 0 Å². The summed E-state index contributed by atoms with van der Waals surface area (Å²) in [4.78, 5) is 21.0. The number of aromatic nitrogens is 4. The van der Waals surface area contributed by atoms with Gasteiger partial charge in [-0.05, 0) is 57.1 Å². The first-order valence-electron chi connectivity index (χ1n) is 11.4. The van der Waals surface area contributed by atoms with Crippen LogP contribution in [0.5, 0.6) is 0 Å². The number of fused-ring (bicyclic) bond motifs is 1. The van der Waals surface area contributed by atoms with Gasteiger partial charge in [0.05, 0.1) is 24.6 Å². The maximum absolute atomic E-state index is 12.5. The van der Waals surface area contributed by atoms with Crippen molar-refractivity contribution in [3.05, 3.63) is 59.6 Å². The summed E-state index contributed by atoms with van der Waals surface area (Å²) in [5.41, 5.74) is 4.34. The molecule has 8 heteroatoms. The Hall–Kier alpha value is -3.55. The molecule has 0 saturated heterocycles. The molecule has 8 nitrogen and oxygen atoms in total. The molecule has 0 radical (unpaired) electrons. The van der Waals surface area contributed by atoms with Crippen LogP contribution in [0.25, 0.3) is 22.6 Å². The first kappa shape index (κ1) is 21.3. The lowest BCUT2D eigenvalue weighted by molar-refractivity contribution is -0.120. The van der Waals surface area contributed by atoms with Crippen LogP contribution in [0.15, 0.2) is 45.7 Å². The number of carbonyl (C=O) groups is 1. The average Bonchev–Trinajstić information content (AvgIpc) is 3.46. The molecule has 170 valence electrons. The van der Waals surface area contributed by atoms with Crippen molar-refractivity contribution in [2.45, 2.75) is 51.9 Å². The molecule has 4 aromatic rings. The maximum Gasteiger partial charge on any atom is 0.267 e. The minimum absolute atomic E-state index is 0.0288. The Bertz CT molecular complexity index is 1250. The molecule has 0 bridgehead atoms. The van der Waals surface area contributed by atoms with Gasteiger partial charge in [0.1, 0.15) is 11.3 Å². The molecule has 0 spiro atoms. The molecule has 5 rings (SSSR count). The number of aryl methyl sites for hydroxylation is 2. The van der Waals surface area contributed by atoms with Crippen LogP contribution >= 0.6 is 0 Å². The van der Waals surface area contributed by atoms with Gasteiger partial charge >= 0.3 is 0 Å². The zero-order valence-electron chi connectivity index (χ0n) is 18.9. The van der Waals surface area contributed by atoms with E-state index < -0.39 is 0 Å². The van der Waals surface area contributed by atoms with Crippen LogP contribution < -0.4 is 5.32 Å². The second kappa shape index (κ2) is 9.13. The summed E-state index contributed by atoms with van der Waals surface area (Å²) in [7, 11) is 0. The molecule has 33 heavy (non-hydrogen) atoms. The zero-order valence-corrected chi connectivity index (χ0v) is 18.9. The highest BCUT2D eigenvalue weighted by Crippen LogP contribution is 2.35. The highest BCUT2D eigenvalue weighted by molar-refractivity contribution is 5.87. The number of nitrogens with one attached hydrogen (secondary N) is 1. The van der Waals surface area contributed by atoms with Crippen LogP contribution in [0.3, 0.4) is 0 Å². The normalized spacial score (nSPS) is 18.5. The number of carbonyl (C=O) groups excluding carboxylic acids is 1. The molecule has 0 aliphatic heterocycles. The van der Waals surface area contributed by atoms with E-state index in [-0.39, 0.29) is 11.8 Å². The summed E-state index contributed by atoms with van der Waals surface area (Å²) in [6, 6.07) is 6.06. The van der Waals surface area contributed by atoms with Crippen LogP contribution in [0.1, 0.15) is 54.3 Å². The molecule has 1 saturated carbocycles. The molecule has 1 N–H and O–H groups in total. The first-order valence-corrected chi connectivity index (χ1v) is 11.4. The third-order valence-corrected chi connectivity index (χ3v) is 6.39. The Kier molecular flexibility index (Phi) is 5.90. The molecule has 1 aliphatic rings. The molecule has 1 aliphatic carbocycles. The minimum atomic E-state index is 0.0288. The standard InChI is InChI=1S/C25H27N5O3/c1-15-3-8-20-19(14-32-22(20)9-15)10-23(31)28-12-17-4-6-18(7-5-17)24-29-30-25(33-24)21-13-26-16(2)11-27-21/h3,8-9,11,13-14,17-18H,4-7,10,12H2,1-2H3,(H,28,31). The van der Waals surface area contributed by atoms with E-state index in [0.717, 1.165) is 53.5 Å². The second-order valence-electron chi connectivity index (χ2n) is 8.95. The van der Waals surface area contributed by atoms with E-state index in [1.807, 2.05) is 32.0 Å². The SMILES string of the molecule is Cc1ccc2c(CC(=O)NCC3CCC(c4nnc(-c5cnc(C)cn5)o4)CC3)coc2c1. The molecule has 1 aromatic carbocycles. The lowest BCUT2D eigenvalue weighted by atomic mass is 9.82. The second-order valence-corrected chi connectivity index (χ2v) is 8.95. The van der Waals surface area contributed by atoms with Crippen molar-refractivity contribution in [3.63, 3.8) is 0 Å². The fraction of sp³-hybridized carbons (Fsp3) is 0.400. The quantitative estimate of drug-likeness (QED) is 0.465. The van der Waals surface area contributed by atoms with E-state index in [1.54, 1.807) is 18.7 Å². The number of rotatable bonds is 6. The molecular weight excluding hydrogens is 418 g/mol. The van der Waals surface area contributed by atoms with Crippen molar-refractivity contribution in [2.75, 3.05) is 6.54 Å². The van der Waals surface area contributed by atoms with E-state index in [4.69, 9.17) is 8.83 Å². The summed E-state index contributed by atoms with van der Waals surface area (Å²) >= 11 is 0. The van der Waals surface area contributed by atoms with Gasteiger partial charge in [0.25, 0.3) is 5.89 Å². The van der Waals surface area contributed by atoms with Crippen molar-refractivity contribution >= 4 is 16.9 Å². The Balaban J connectivity index is 1.10. The van der Waals surface area contributed by atoms with Gasteiger partial charge in [-0.25, -0.2) is 4.98 Å². The Morgan fingerprint density at radius 3 is 2.73 bits per heavy atom. The fourth-order valence-corrected chi connectivity index (χ4v) is 4.44. The number of benzene rings is 1. The number of furan rings is 1. The van der Waals surface area contributed by atoms with Gasteiger partial charge in [0.2, 0.25) is 11.8 Å². The van der Waals surface area contributed by atoms with Crippen LogP contribution in [-0.4, -0.2) is 32.6 Å². The van der Waals surface area contributed by atoms with E-state index in [9.17, 15) is 4.79 Å². The summed E-state index contributed by atoms with van der Waals surface area (Å²) in [5.74, 6) is 1.81.